The van der Waals surface area contributed by atoms with Gasteiger partial charge in [0, 0.05) is 25.2 Å². The zero-order chi connectivity index (χ0) is 34.1. The molecule has 1 N–H and O–H groups in total. The average molecular weight is 659 g/mol. The summed E-state index contributed by atoms with van der Waals surface area (Å²) in [6.45, 7) is 6.32. The van der Waals surface area contributed by atoms with Crippen LogP contribution in [0.3, 0.4) is 0 Å². The molecule has 4 aromatic carbocycles. The Morgan fingerprint density at radius 1 is 0.854 bits per heavy atom. The Hall–Kier alpha value is -4.15. The van der Waals surface area contributed by atoms with Gasteiger partial charge in [0.25, 0.3) is 0 Å². The highest BCUT2D eigenvalue weighted by atomic mass is 19.1. The van der Waals surface area contributed by atoms with Crippen LogP contribution in [0.15, 0.2) is 109 Å². The largest absolute Gasteiger partial charge is 0.444 e. The van der Waals surface area contributed by atoms with Crippen LogP contribution in [0, 0.1) is 11.6 Å². The number of rotatable bonds is 12. The number of nitrogens with zero attached hydrogens (tertiary/aromatic N) is 2. The van der Waals surface area contributed by atoms with Crippen molar-refractivity contribution >= 4 is 6.09 Å². The molecule has 0 bridgehead atoms. The van der Waals surface area contributed by atoms with Crippen LogP contribution in [-0.2, 0) is 40.3 Å². The van der Waals surface area contributed by atoms with E-state index < -0.39 is 47.8 Å². The average Bonchev–Trinajstić information content (AvgIpc) is 3.04. The maximum Gasteiger partial charge on any atom is 0.410 e. The molecular formula is C39H44F2N2O5. The summed E-state index contributed by atoms with van der Waals surface area (Å²) >= 11 is 0. The first-order chi connectivity index (χ1) is 23.0. The lowest BCUT2D eigenvalue weighted by atomic mass is 9.92. The number of aliphatic hydroxyl groups excluding tert-OH is 1. The molecule has 0 spiro atoms. The molecule has 1 heterocycles. The molecule has 4 aromatic rings. The lowest BCUT2D eigenvalue weighted by Crippen LogP contribution is -2.63. The van der Waals surface area contributed by atoms with Crippen molar-refractivity contribution in [1.29, 1.82) is 0 Å². The van der Waals surface area contributed by atoms with Gasteiger partial charge in [-0.25, -0.2) is 13.6 Å². The van der Waals surface area contributed by atoms with Crippen molar-refractivity contribution in [2.75, 3.05) is 13.2 Å². The molecule has 48 heavy (non-hydrogen) atoms. The Bertz CT molecular complexity index is 1530. The number of carbonyl (C=O) groups is 1. The Morgan fingerprint density at radius 3 is 1.90 bits per heavy atom. The third kappa shape index (κ3) is 10.2. The van der Waals surface area contributed by atoms with Gasteiger partial charge in [-0.1, -0.05) is 91.0 Å². The molecule has 1 amide bonds. The minimum absolute atomic E-state index is 0.0433. The number of carbonyl (C=O) groups excluding carboxylic acids is 1. The smallest absolute Gasteiger partial charge is 0.410 e. The molecule has 5 rings (SSSR count). The van der Waals surface area contributed by atoms with Crippen LogP contribution in [0.4, 0.5) is 13.6 Å². The second kappa shape index (κ2) is 16.3. The number of hydrogen-bond donors (Lipinski definition) is 1. The van der Waals surface area contributed by atoms with Crippen LogP contribution in [0.1, 0.15) is 43.0 Å². The van der Waals surface area contributed by atoms with Crippen LogP contribution >= 0.6 is 0 Å². The van der Waals surface area contributed by atoms with Crippen molar-refractivity contribution in [3.05, 3.63) is 143 Å². The van der Waals surface area contributed by atoms with Gasteiger partial charge in [0.2, 0.25) is 0 Å². The molecule has 0 aromatic heterocycles. The molecule has 1 aliphatic heterocycles. The van der Waals surface area contributed by atoms with Crippen LogP contribution in [0.2, 0.25) is 0 Å². The van der Waals surface area contributed by atoms with Gasteiger partial charge in [-0.2, -0.15) is 0 Å². The van der Waals surface area contributed by atoms with Gasteiger partial charge < -0.3 is 19.3 Å². The molecule has 1 aliphatic rings. The minimum atomic E-state index is -1.22. The number of ether oxygens (including phenoxy) is 3. The Morgan fingerprint density at radius 2 is 1.38 bits per heavy atom. The van der Waals surface area contributed by atoms with Crippen molar-refractivity contribution in [2.45, 2.75) is 77.0 Å². The first kappa shape index (κ1) is 35.2. The molecule has 1 fully saturated rings. The van der Waals surface area contributed by atoms with E-state index in [-0.39, 0.29) is 26.2 Å². The van der Waals surface area contributed by atoms with Crippen LogP contribution in [0.5, 0.6) is 0 Å². The van der Waals surface area contributed by atoms with Gasteiger partial charge in [0.05, 0.1) is 31.9 Å². The second-order valence-electron chi connectivity index (χ2n) is 13.2. The van der Waals surface area contributed by atoms with Crippen molar-refractivity contribution in [2.24, 2.45) is 0 Å². The quantitative estimate of drug-likeness (QED) is 0.175. The summed E-state index contributed by atoms with van der Waals surface area (Å²) in [6, 6.07) is 31.8. The van der Waals surface area contributed by atoms with Crippen molar-refractivity contribution in [3.8, 4) is 0 Å². The van der Waals surface area contributed by atoms with E-state index in [1.165, 1.54) is 17.0 Å². The van der Waals surface area contributed by atoms with E-state index in [2.05, 4.69) is 4.90 Å². The summed E-state index contributed by atoms with van der Waals surface area (Å²) < 4.78 is 47.7. The number of β-amino-alcohol motifs (C(OH)–C–C–N with tert-alkyl or cyclic N) is 1. The number of halogens is 2. The lowest BCUT2D eigenvalue weighted by molar-refractivity contribution is -0.190. The van der Waals surface area contributed by atoms with E-state index in [4.69, 9.17) is 14.2 Å². The van der Waals surface area contributed by atoms with Crippen molar-refractivity contribution < 1.29 is 32.9 Å². The fourth-order valence-electron chi connectivity index (χ4n) is 6.05. The van der Waals surface area contributed by atoms with E-state index in [0.717, 1.165) is 22.8 Å². The molecule has 4 atom stereocenters. The normalized spacial score (nSPS) is 18.0. The molecule has 0 radical (unpaired) electrons. The Kier molecular flexibility index (Phi) is 11.9. The molecule has 0 saturated carbocycles. The third-order valence-corrected chi connectivity index (χ3v) is 8.18. The summed E-state index contributed by atoms with van der Waals surface area (Å²) in [5.41, 5.74) is 2.62. The first-order valence-corrected chi connectivity index (χ1v) is 16.3. The molecule has 4 unspecified atom stereocenters. The monoisotopic (exact) mass is 658 g/mol. The maximum absolute atomic E-state index is 14.7. The van der Waals surface area contributed by atoms with Crippen LogP contribution < -0.4 is 0 Å². The topological polar surface area (TPSA) is 71.5 Å². The number of aliphatic hydroxyl groups is 1. The predicted octanol–water partition coefficient (Wildman–Crippen LogP) is 7.12. The van der Waals surface area contributed by atoms with E-state index in [9.17, 15) is 18.7 Å². The van der Waals surface area contributed by atoms with E-state index in [0.29, 0.717) is 18.7 Å². The molecule has 254 valence electrons. The lowest BCUT2D eigenvalue weighted by Gasteiger charge is -2.46. The van der Waals surface area contributed by atoms with Gasteiger partial charge in [0.15, 0.2) is 6.29 Å². The van der Waals surface area contributed by atoms with E-state index in [1.54, 1.807) is 20.8 Å². The Labute approximate surface area is 281 Å². The molecule has 9 heteroatoms. The van der Waals surface area contributed by atoms with Crippen LogP contribution in [-0.4, -0.2) is 64.2 Å². The van der Waals surface area contributed by atoms with E-state index >= 15 is 0 Å². The highest BCUT2D eigenvalue weighted by molar-refractivity contribution is 5.69. The summed E-state index contributed by atoms with van der Waals surface area (Å²) in [5.74, 6) is -1.36. The minimum Gasteiger partial charge on any atom is -0.444 e. The van der Waals surface area contributed by atoms with Crippen molar-refractivity contribution in [3.63, 3.8) is 0 Å². The Balaban J connectivity index is 1.63. The van der Waals surface area contributed by atoms with Gasteiger partial charge in [-0.15, -0.1) is 0 Å². The highest BCUT2D eigenvalue weighted by Crippen LogP contribution is 2.29. The highest BCUT2D eigenvalue weighted by Gasteiger charge is 2.44. The zero-order valence-electron chi connectivity index (χ0n) is 27.7. The number of amides is 1. The standard InChI is InChI=1S/C39H44F2N2O5/c1-39(2,3)48-38(45)43-25-36(44)46-27-35(43)37(47-26-30-17-11-6-12-18-30)34(21-31-19-32(40)22-33(41)20-31)42(23-28-13-7-4-8-14-28)24-29-15-9-5-10-16-29/h4-20,22,34-37,44H,21,23-27H2,1-3H3. The summed E-state index contributed by atoms with van der Waals surface area (Å²) in [5, 5.41) is 10.6. The summed E-state index contributed by atoms with van der Waals surface area (Å²) in [6.07, 6.45) is -2.40. The molecule has 7 nitrogen and oxygen atoms in total. The first-order valence-electron chi connectivity index (χ1n) is 16.3. The molecule has 0 aliphatic carbocycles. The van der Waals surface area contributed by atoms with Crippen molar-refractivity contribution in [1.82, 2.24) is 9.80 Å². The summed E-state index contributed by atoms with van der Waals surface area (Å²) in [7, 11) is 0. The maximum atomic E-state index is 14.7. The fourth-order valence-corrected chi connectivity index (χ4v) is 6.05. The van der Waals surface area contributed by atoms with Gasteiger partial charge >= 0.3 is 6.09 Å². The number of hydrogen-bond acceptors (Lipinski definition) is 6. The van der Waals surface area contributed by atoms with Crippen LogP contribution in [0.25, 0.3) is 0 Å². The van der Waals surface area contributed by atoms with Gasteiger partial charge in [0.1, 0.15) is 17.2 Å². The fraction of sp³-hybridized carbons (Fsp3) is 0.359. The number of morpholine rings is 1. The molecule has 1 saturated heterocycles. The summed E-state index contributed by atoms with van der Waals surface area (Å²) in [4.78, 5) is 17.4. The van der Waals surface area contributed by atoms with Gasteiger partial charge in [-0.3, -0.25) is 9.80 Å². The predicted molar refractivity (Wildman–Crippen MR) is 180 cm³/mol. The van der Waals surface area contributed by atoms with Gasteiger partial charge in [-0.05, 0) is 61.6 Å². The SMILES string of the molecule is CC(C)(C)OC(=O)N1CC(O)OCC1C(OCc1ccccc1)C(Cc1cc(F)cc(F)c1)N(Cc1ccccc1)Cc1ccccc1. The molecular weight excluding hydrogens is 614 g/mol. The zero-order valence-corrected chi connectivity index (χ0v) is 27.7. The number of benzene rings is 4. The second-order valence-corrected chi connectivity index (χ2v) is 13.2. The third-order valence-electron chi connectivity index (χ3n) is 8.18. The van der Waals surface area contributed by atoms with E-state index in [1.807, 2.05) is 91.0 Å².